The number of fused-ring (bicyclic) bond motifs is 1. The molecule has 1 N–H and O–H groups in total. The van der Waals surface area contributed by atoms with Gasteiger partial charge >= 0.3 is 0 Å². The van der Waals surface area contributed by atoms with Gasteiger partial charge in [-0.3, -0.25) is 24.1 Å². The molecule has 0 aliphatic carbocycles. The van der Waals surface area contributed by atoms with E-state index < -0.39 is 28.9 Å². The lowest BCUT2D eigenvalue weighted by Gasteiger charge is -2.44. The summed E-state index contributed by atoms with van der Waals surface area (Å²) in [5, 5.41) is 4.27. The first-order valence-electron chi connectivity index (χ1n) is 12.7. The number of carbonyl (C=O) groups is 2. The molecule has 0 bridgehead atoms. The number of aromatic nitrogens is 1. The van der Waals surface area contributed by atoms with Gasteiger partial charge in [0.1, 0.15) is 30.5 Å². The van der Waals surface area contributed by atoms with E-state index >= 15 is 0 Å². The minimum absolute atomic E-state index is 0.0315. The second kappa shape index (κ2) is 12.0. The Morgan fingerprint density at radius 1 is 1.07 bits per heavy atom. The van der Waals surface area contributed by atoms with E-state index in [1.165, 1.54) is 21.8 Å². The molecular formula is C30H30F2N4O4. The molecule has 0 saturated carbocycles. The molecule has 40 heavy (non-hydrogen) atoms. The number of pyridine rings is 1. The number of nitrogens with one attached hydrogen (secondary N) is 1. The summed E-state index contributed by atoms with van der Waals surface area (Å²) in [5.74, 6) is -3.16. The Labute approximate surface area is 230 Å². The molecule has 2 heterocycles. The fourth-order valence-corrected chi connectivity index (χ4v) is 4.25. The van der Waals surface area contributed by atoms with Crippen LogP contribution in [-0.4, -0.2) is 40.1 Å². The van der Waals surface area contributed by atoms with Gasteiger partial charge in [-0.2, -0.15) is 0 Å². The molecule has 10 heteroatoms. The highest BCUT2D eigenvalue weighted by Crippen LogP contribution is 2.26. The van der Waals surface area contributed by atoms with Gasteiger partial charge in [-0.15, -0.1) is 13.2 Å². The summed E-state index contributed by atoms with van der Waals surface area (Å²) in [6.07, 6.45) is 4.55. The second-order valence-electron chi connectivity index (χ2n) is 9.40. The van der Waals surface area contributed by atoms with Gasteiger partial charge in [0, 0.05) is 30.4 Å². The van der Waals surface area contributed by atoms with Crippen molar-refractivity contribution in [2.24, 2.45) is 0 Å². The lowest BCUT2D eigenvalue weighted by atomic mass is 10.1. The molecule has 0 fully saturated rings. The van der Waals surface area contributed by atoms with Gasteiger partial charge in [0.25, 0.3) is 11.8 Å². The largest absolute Gasteiger partial charge is 0.482 e. The summed E-state index contributed by atoms with van der Waals surface area (Å²) in [6.45, 7) is 11.1. The third-order valence-corrected chi connectivity index (χ3v) is 6.75. The summed E-state index contributed by atoms with van der Waals surface area (Å²) in [7, 11) is 0. The molecule has 0 radical (unpaired) electrons. The molecular weight excluding hydrogens is 518 g/mol. The Bertz CT molecular complexity index is 1510. The number of rotatable bonds is 10. The van der Waals surface area contributed by atoms with Crippen molar-refractivity contribution in [1.82, 2.24) is 14.9 Å². The van der Waals surface area contributed by atoms with Crippen molar-refractivity contribution >= 4 is 11.8 Å². The molecule has 1 unspecified atom stereocenters. The predicted molar refractivity (Wildman–Crippen MR) is 148 cm³/mol. The number of amides is 2. The molecule has 208 valence electrons. The van der Waals surface area contributed by atoms with Crippen molar-refractivity contribution in [1.29, 1.82) is 0 Å². The van der Waals surface area contributed by atoms with E-state index in [1.807, 2.05) is 25.1 Å². The van der Waals surface area contributed by atoms with Crippen molar-refractivity contribution < 1.29 is 23.1 Å². The maximum absolute atomic E-state index is 14.1. The fraction of sp³-hybridized carbons (Fsp3) is 0.233. The summed E-state index contributed by atoms with van der Waals surface area (Å²) >= 11 is 0. The van der Waals surface area contributed by atoms with E-state index in [2.05, 4.69) is 18.5 Å². The van der Waals surface area contributed by atoms with Crippen LogP contribution in [0.2, 0.25) is 0 Å². The normalized spacial score (nSPS) is 14.2. The summed E-state index contributed by atoms with van der Waals surface area (Å²) in [4.78, 5) is 42.2. The zero-order valence-corrected chi connectivity index (χ0v) is 22.3. The van der Waals surface area contributed by atoms with Gasteiger partial charge in [0.15, 0.2) is 11.4 Å². The molecule has 2 amide bonds. The van der Waals surface area contributed by atoms with E-state index in [9.17, 15) is 23.2 Å². The minimum Gasteiger partial charge on any atom is -0.482 e. The number of hydrogen-bond donors (Lipinski definition) is 1. The molecule has 0 saturated heterocycles. The van der Waals surface area contributed by atoms with Crippen LogP contribution in [0.25, 0.3) is 0 Å². The fourth-order valence-electron chi connectivity index (χ4n) is 4.25. The third-order valence-electron chi connectivity index (χ3n) is 6.75. The summed E-state index contributed by atoms with van der Waals surface area (Å²) < 4.78 is 34.8. The summed E-state index contributed by atoms with van der Waals surface area (Å²) in [6, 6.07) is 11.4. The van der Waals surface area contributed by atoms with Gasteiger partial charge < -0.3 is 15.0 Å². The third kappa shape index (κ3) is 5.66. The monoisotopic (exact) mass is 548 g/mol. The Kier molecular flexibility index (Phi) is 8.47. The maximum Gasteiger partial charge on any atom is 0.278 e. The van der Waals surface area contributed by atoms with Crippen LogP contribution in [0.3, 0.4) is 0 Å². The molecule has 1 aliphatic heterocycles. The second-order valence-corrected chi connectivity index (χ2v) is 9.40. The first kappa shape index (κ1) is 28.3. The van der Waals surface area contributed by atoms with E-state index in [1.54, 1.807) is 36.2 Å². The highest BCUT2D eigenvalue weighted by Gasteiger charge is 2.37. The van der Waals surface area contributed by atoms with Gasteiger partial charge in [-0.25, -0.2) is 8.78 Å². The van der Waals surface area contributed by atoms with Crippen molar-refractivity contribution in [3.05, 3.63) is 124 Å². The van der Waals surface area contributed by atoms with Crippen LogP contribution in [0.1, 0.15) is 45.8 Å². The zero-order chi connectivity index (χ0) is 29.0. The highest BCUT2D eigenvalue weighted by molar-refractivity contribution is 5.99. The average Bonchev–Trinajstić information content (AvgIpc) is 2.95. The lowest BCUT2D eigenvalue weighted by molar-refractivity contribution is 0.0641. The zero-order valence-electron chi connectivity index (χ0n) is 22.3. The number of hydrogen-bond acceptors (Lipinski definition) is 5. The van der Waals surface area contributed by atoms with Gasteiger partial charge in [0.2, 0.25) is 5.43 Å². The van der Waals surface area contributed by atoms with Crippen molar-refractivity contribution in [2.45, 2.75) is 39.1 Å². The van der Waals surface area contributed by atoms with Gasteiger partial charge in [-0.1, -0.05) is 48.6 Å². The maximum atomic E-state index is 14.1. The molecule has 8 nitrogen and oxygen atoms in total. The number of benzene rings is 2. The first-order valence-corrected chi connectivity index (χ1v) is 12.7. The Balaban J connectivity index is 1.81. The Morgan fingerprint density at radius 2 is 1.77 bits per heavy atom. The van der Waals surface area contributed by atoms with Crippen LogP contribution in [0.5, 0.6) is 5.75 Å². The van der Waals surface area contributed by atoms with Crippen LogP contribution < -0.4 is 20.5 Å². The van der Waals surface area contributed by atoms with E-state index in [0.717, 1.165) is 11.6 Å². The van der Waals surface area contributed by atoms with Crippen molar-refractivity contribution in [2.75, 3.05) is 11.7 Å². The Hall–Kier alpha value is -4.73. The minimum atomic E-state index is -0.831. The molecule has 1 aliphatic rings. The quantitative estimate of drug-likeness (QED) is 0.385. The van der Waals surface area contributed by atoms with E-state index in [0.29, 0.717) is 6.07 Å². The molecule has 2 aromatic carbocycles. The molecule has 1 aromatic heterocycles. The highest BCUT2D eigenvalue weighted by atomic mass is 19.1. The SMILES string of the molecule is C=CC(C)N1CN([C@H](C)C=C)C(=O)c2c(OCc3ccccc3)c(=O)c(C(=O)NCc3ccc(F)cc3F)cn21. The molecule has 0 spiro atoms. The number of nitrogens with zero attached hydrogens (tertiary/aromatic N) is 3. The molecule has 3 aromatic rings. The predicted octanol–water partition coefficient (Wildman–Crippen LogP) is 4.14. The standard InChI is InChI=1S/C30H30F2N4O4/c1-5-19(3)34-18-36(20(4)6-2)35-16-24(29(38)33-15-22-12-13-23(31)14-25(22)32)27(37)28(26(35)30(34)39)40-17-21-10-8-7-9-11-21/h5-14,16,19-20H,1-2,15,17-18H2,3-4H3,(H,33,38)/t19-,20?/m1/s1. The number of halogens is 2. The van der Waals surface area contributed by atoms with E-state index in [-0.39, 0.29) is 54.5 Å². The smallest absolute Gasteiger partial charge is 0.278 e. The van der Waals surface area contributed by atoms with Crippen LogP contribution >= 0.6 is 0 Å². The first-order chi connectivity index (χ1) is 19.2. The van der Waals surface area contributed by atoms with E-state index in [4.69, 9.17) is 4.74 Å². The lowest BCUT2D eigenvalue weighted by Crippen LogP contribution is -2.59. The van der Waals surface area contributed by atoms with Crippen LogP contribution in [0.15, 0.2) is 84.8 Å². The van der Waals surface area contributed by atoms with Crippen molar-refractivity contribution in [3.63, 3.8) is 0 Å². The number of ether oxygens (including phenoxy) is 1. The molecule has 2 atom stereocenters. The van der Waals surface area contributed by atoms with Crippen LogP contribution in [0, 0.1) is 11.6 Å². The summed E-state index contributed by atoms with van der Waals surface area (Å²) in [5.41, 5.74) is -0.367. The van der Waals surface area contributed by atoms with Crippen molar-refractivity contribution in [3.8, 4) is 5.75 Å². The van der Waals surface area contributed by atoms with Crippen LogP contribution in [-0.2, 0) is 13.2 Å². The van der Waals surface area contributed by atoms with Gasteiger partial charge in [-0.05, 0) is 25.5 Å². The number of carbonyl (C=O) groups excluding carboxylic acids is 2. The molecule has 4 rings (SSSR count). The Morgan fingerprint density at radius 3 is 2.42 bits per heavy atom. The van der Waals surface area contributed by atoms with Crippen LogP contribution in [0.4, 0.5) is 8.78 Å². The average molecular weight is 549 g/mol. The topological polar surface area (TPSA) is 83.9 Å². The van der Waals surface area contributed by atoms with Gasteiger partial charge in [0.05, 0.1) is 6.04 Å².